The first-order chi connectivity index (χ1) is 46.4. The van der Waals surface area contributed by atoms with Crippen molar-refractivity contribution in [3.63, 3.8) is 0 Å². The number of hydrogen-bond donors (Lipinski definition) is 0. The van der Waals surface area contributed by atoms with E-state index in [1.807, 2.05) is 0 Å². The molecule has 0 aliphatic heterocycles. The van der Waals surface area contributed by atoms with Gasteiger partial charge in [0.25, 0.3) is 0 Å². The van der Waals surface area contributed by atoms with Crippen LogP contribution in [0.15, 0.2) is 46.0 Å². The summed E-state index contributed by atoms with van der Waals surface area (Å²) in [6, 6.07) is 0. The van der Waals surface area contributed by atoms with Gasteiger partial charge in [-0.25, -0.2) is 24.0 Å². The third-order valence-corrected chi connectivity index (χ3v) is 18.2. The highest BCUT2D eigenvalue weighted by Crippen LogP contribution is 2.42. The molecule has 0 unspecified atom stereocenters. The van der Waals surface area contributed by atoms with Crippen LogP contribution < -0.4 is 5.11 Å². The smallest absolute Gasteiger partial charge is 0.339 e. The minimum absolute atomic E-state index is 0.0340. The van der Waals surface area contributed by atoms with Crippen molar-refractivity contribution in [1.82, 2.24) is 0 Å². The highest BCUT2D eigenvalue weighted by Gasteiger charge is 2.46. The number of quaternary nitrogens is 1. The number of carbonyl (C=O) groups excluding carboxylic acids is 5. The van der Waals surface area contributed by atoms with Crippen molar-refractivity contribution < 1.29 is 62.0 Å². The Morgan fingerprint density at radius 3 is 0.701 bits per heavy atom. The molecule has 0 saturated heterocycles. The highest BCUT2D eigenvalue weighted by molar-refractivity contribution is 6.23. The lowest BCUT2D eigenvalue weighted by molar-refractivity contribution is -0.870. The summed E-state index contributed by atoms with van der Waals surface area (Å²) in [5.74, 6) is -1.56. The van der Waals surface area contributed by atoms with Crippen LogP contribution in [0.1, 0.15) is 365 Å². The molecular weight excluding hydrogens is 1210 g/mol. The van der Waals surface area contributed by atoms with Gasteiger partial charge in [0.1, 0.15) is 13.2 Å². The van der Waals surface area contributed by atoms with Crippen LogP contribution in [0.4, 0.5) is 0 Å². The Morgan fingerprint density at radius 2 is 0.495 bits per heavy atom. The van der Waals surface area contributed by atoms with Crippen molar-refractivity contribution in [2.75, 3.05) is 67.3 Å². The number of nitrogens with zero attached hydrogens (tertiary/aromatic N) is 1. The molecule has 0 spiro atoms. The summed E-state index contributed by atoms with van der Waals surface area (Å²) in [4.78, 5) is 69.9. The van der Waals surface area contributed by atoms with Crippen LogP contribution in [0.3, 0.4) is 0 Å². The Bertz CT molecular complexity index is 2020. The predicted octanol–water partition coefficient (Wildman–Crippen LogP) is 22.0. The van der Waals surface area contributed by atoms with Crippen LogP contribution in [0, 0.1) is 29.6 Å². The van der Waals surface area contributed by atoms with Gasteiger partial charge < -0.3 is 38.0 Å². The minimum atomic E-state index is -0.979. The van der Waals surface area contributed by atoms with E-state index < -0.39 is 57.7 Å². The third-order valence-electron chi connectivity index (χ3n) is 18.2. The van der Waals surface area contributed by atoms with Crippen molar-refractivity contribution in [2.24, 2.45) is 29.6 Å². The fourth-order valence-corrected chi connectivity index (χ4v) is 11.9. The maximum absolute atomic E-state index is 14.7. The molecule has 0 aromatic heterocycles. The molecule has 0 aromatic rings. The molecule has 1 rings (SSSR count). The quantitative estimate of drug-likeness (QED) is 0.0142. The second-order valence-corrected chi connectivity index (χ2v) is 31.5. The highest BCUT2D eigenvalue weighted by atomic mass is 16.6. The van der Waals surface area contributed by atoms with Crippen molar-refractivity contribution in [3.8, 4) is 0 Å². The summed E-state index contributed by atoms with van der Waals surface area (Å²) in [5, 5.41) is 14.7. The van der Waals surface area contributed by atoms with E-state index in [2.05, 4.69) is 97.0 Å². The van der Waals surface area contributed by atoms with E-state index in [9.17, 15) is 29.1 Å². The zero-order valence-electron chi connectivity index (χ0n) is 65.7. The number of unbranched alkanes of at least 4 members (excludes halogenated alkanes) is 35. The van der Waals surface area contributed by atoms with Crippen molar-refractivity contribution in [1.29, 1.82) is 0 Å². The summed E-state index contributed by atoms with van der Waals surface area (Å²) in [6.07, 6.45) is 48.2. The maximum Gasteiger partial charge on any atom is 0.339 e. The van der Waals surface area contributed by atoms with E-state index >= 15 is 0 Å². The number of hydrogen-bond acceptors (Lipinski definition) is 12. The number of carbonyl (C=O) groups is 5. The normalized spacial score (nSPS) is 12.5. The van der Waals surface area contributed by atoms with E-state index in [0.717, 1.165) is 169 Å². The number of ether oxygens (including phenoxy) is 6. The molecule has 0 radical (unpaired) electrons. The van der Waals surface area contributed by atoms with Crippen LogP contribution in [0.5, 0.6) is 0 Å². The molecule has 13 heteroatoms. The van der Waals surface area contributed by atoms with Crippen LogP contribution >= 0.6 is 0 Å². The van der Waals surface area contributed by atoms with Crippen LogP contribution in [0.2, 0.25) is 0 Å². The number of likely N-dealkylation sites (N-methyl/N-ethyl adjacent to an activating group) is 1. The SMILES string of the molecule is C=C(C)C(=O)OCC[N+](C)(C)C.CC(C)CCCCCCCCCCOC(=O)C1=C(C(=O)OCCCCCCCCCCC(C)C)C(C(=O)OCCCCCCCCCCC(C)C)=C(C(=O)OCCCCCCCCCCC(C)C)C1=C([O-])OCCCCCCCCCCC(C)C. The Morgan fingerprint density at radius 1 is 0.299 bits per heavy atom. The van der Waals surface area contributed by atoms with Gasteiger partial charge in [-0.15, -0.1) is 0 Å². The second kappa shape index (κ2) is 61.7. The van der Waals surface area contributed by atoms with Gasteiger partial charge in [0, 0.05) is 11.1 Å². The Hall–Kier alpha value is -4.13. The summed E-state index contributed by atoms with van der Waals surface area (Å²) in [5.41, 5.74) is -1.94. The summed E-state index contributed by atoms with van der Waals surface area (Å²) < 4.78 is 35.5. The molecule has 0 amide bonds. The molecule has 97 heavy (non-hydrogen) atoms. The van der Waals surface area contributed by atoms with Gasteiger partial charge in [-0.05, 0) is 75.2 Å². The standard InChI is InChI=1S/C75H136O10.C9H18NO2/c1-61(2)51-41-31-21-11-16-26-36-46-56-81-71(76)66-67(72(77)82-57-47-37-27-17-12-22-32-42-52-62(3)4)69(74(79)84-59-49-39-29-19-14-24-34-44-54-64(7)8)70(75(80)85-60-50-40-30-20-15-25-35-45-55-65(9)10)68(66)73(78)83-58-48-38-28-18-13-23-33-43-53-63(5)6;1-8(2)9(11)12-7-6-10(3,4)5/h61-65,76H,11-60H2,1-10H3;1,6-7H2,2-5H3/q;+1/p-1. The van der Waals surface area contributed by atoms with Gasteiger partial charge in [-0.1, -0.05) is 333 Å². The number of esters is 5. The zero-order valence-corrected chi connectivity index (χ0v) is 65.7. The first-order valence-electron chi connectivity index (χ1n) is 40.3. The second-order valence-electron chi connectivity index (χ2n) is 31.5. The summed E-state index contributed by atoms with van der Waals surface area (Å²) >= 11 is 0. The van der Waals surface area contributed by atoms with E-state index in [-0.39, 0.29) is 39.0 Å². The molecule has 1 aliphatic rings. The lowest BCUT2D eigenvalue weighted by Crippen LogP contribution is -2.38. The topological polar surface area (TPSA) is 164 Å². The van der Waals surface area contributed by atoms with Gasteiger partial charge in [0.15, 0.2) is 0 Å². The minimum Gasteiger partial charge on any atom is -0.613 e. The van der Waals surface area contributed by atoms with Gasteiger partial charge in [0.2, 0.25) is 0 Å². The lowest BCUT2D eigenvalue weighted by atomic mass is 10.0. The van der Waals surface area contributed by atoms with Crippen LogP contribution in [0.25, 0.3) is 0 Å². The predicted molar refractivity (Wildman–Crippen MR) is 401 cm³/mol. The van der Waals surface area contributed by atoms with E-state index in [0.29, 0.717) is 44.3 Å². The zero-order chi connectivity index (χ0) is 72.3. The van der Waals surface area contributed by atoms with Gasteiger partial charge in [0.05, 0.1) is 75.8 Å². The number of rotatable bonds is 64. The Labute approximate surface area is 597 Å². The van der Waals surface area contributed by atoms with Gasteiger partial charge in [-0.3, -0.25) is 0 Å². The molecule has 0 N–H and O–H groups in total. The first kappa shape index (κ1) is 92.9. The van der Waals surface area contributed by atoms with E-state index in [1.54, 1.807) is 6.92 Å². The first-order valence-corrected chi connectivity index (χ1v) is 40.3. The molecule has 566 valence electrons. The van der Waals surface area contributed by atoms with Crippen LogP contribution in [-0.2, 0) is 52.4 Å². The molecule has 13 nitrogen and oxygen atoms in total. The van der Waals surface area contributed by atoms with Crippen LogP contribution in [-0.4, -0.2) is 102 Å². The molecule has 0 heterocycles. The molecule has 0 fully saturated rings. The average molecular weight is 1370 g/mol. The molecule has 0 atom stereocenters. The summed E-state index contributed by atoms with van der Waals surface area (Å²) in [7, 11) is 6.15. The maximum atomic E-state index is 14.7. The monoisotopic (exact) mass is 1370 g/mol. The Balaban J connectivity index is 0.00000692. The lowest BCUT2D eigenvalue weighted by Gasteiger charge is -2.23. The van der Waals surface area contributed by atoms with E-state index in [4.69, 9.17) is 28.4 Å². The van der Waals surface area contributed by atoms with Crippen molar-refractivity contribution >= 4 is 29.8 Å². The Kier molecular flexibility index (Phi) is 59.1. The van der Waals surface area contributed by atoms with Gasteiger partial charge in [-0.2, -0.15) is 0 Å². The fraction of sp³-hybridized carbons (Fsp3) is 0.845. The van der Waals surface area contributed by atoms with Gasteiger partial charge >= 0.3 is 29.8 Å². The summed E-state index contributed by atoms with van der Waals surface area (Å²) in [6.45, 7) is 29.3. The van der Waals surface area contributed by atoms with Crippen molar-refractivity contribution in [2.45, 2.75) is 365 Å². The van der Waals surface area contributed by atoms with Crippen molar-refractivity contribution in [3.05, 3.63) is 46.0 Å². The fourth-order valence-electron chi connectivity index (χ4n) is 11.9. The molecule has 0 saturated carbocycles. The molecule has 1 aliphatic carbocycles. The average Bonchev–Trinajstić information content (AvgIpc) is 1.59. The molecule has 0 bridgehead atoms. The van der Waals surface area contributed by atoms with E-state index in [1.165, 1.54) is 128 Å². The largest absolute Gasteiger partial charge is 0.613 e. The third kappa shape index (κ3) is 54.3. The molecule has 0 aromatic carbocycles. The molecular formula is C84H153NO12.